The van der Waals surface area contributed by atoms with Crippen LogP contribution in [0.3, 0.4) is 0 Å². The van der Waals surface area contributed by atoms with Gasteiger partial charge in [-0.1, -0.05) is 13.0 Å². The maximum atomic E-state index is 12.5. The van der Waals surface area contributed by atoms with E-state index in [4.69, 9.17) is 0 Å². The number of benzene rings is 1. The standard InChI is InChI=1S/C17H26N2O2S/c1-11(2)19(5)17(21)15-9-14(8-7-12(15)3)18-16(20)13(4)10-22-6/h7-9,11,13H,10H2,1-6H3,(H,18,20)/t13-/m1/s1. The van der Waals surface area contributed by atoms with Gasteiger partial charge in [0.15, 0.2) is 0 Å². The Morgan fingerprint density at radius 1 is 1.27 bits per heavy atom. The number of thioether (sulfide) groups is 1. The first-order valence-corrected chi connectivity index (χ1v) is 8.85. The lowest BCUT2D eigenvalue weighted by molar-refractivity contribution is -0.118. The van der Waals surface area contributed by atoms with Gasteiger partial charge in [-0.05, 0) is 44.7 Å². The molecule has 22 heavy (non-hydrogen) atoms. The fraction of sp³-hybridized carbons (Fsp3) is 0.529. The summed E-state index contributed by atoms with van der Waals surface area (Å²) in [5.74, 6) is 0.669. The second kappa shape index (κ2) is 8.22. The summed E-state index contributed by atoms with van der Waals surface area (Å²) in [4.78, 5) is 26.3. The quantitative estimate of drug-likeness (QED) is 0.873. The lowest BCUT2D eigenvalue weighted by atomic mass is 10.1. The summed E-state index contributed by atoms with van der Waals surface area (Å²) in [5, 5.41) is 2.89. The van der Waals surface area contributed by atoms with Crippen LogP contribution in [-0.4, -0.2) is 41.8 Å². The fourth-order valence-corrected chi connectivity index (χ4v) is 2.60. The number of hydrogen-bond donors (Lipinski definition) is 1. The van der Waals surface area contributed by atoms with E-state index in [1.54, 1.807) is 29.8 Å². The Hall–Kier alpha value is -1.49. The zero-order chi connectivity index (χ0) is 16.9. The van der Waals surface area contributed by atoms with Crippen LogP contribution in [0, 0.1) is 12.8 Å². The summed E-state index contributed by atoms with van der Waals surface area (Å²) < 4.78 is 0. The number of nitrogens with zero attached hydrogens (tertiary/aromatic N) is 1. The molecule has 0 aromatic heterocycles. The molecule has 0 fully saturated rings. The summed E-state index contributed by atoms with van der Waals surface area (Å²) in [6.07, 6.45) is 1.98. The number of amides is 2. The number of hydrogen-bond acceptors (Lipinski definition) is 3. The second-order valence-corrected chi connectivity index (χ2v) is 6.80. The Morgan fingerprint density at radius 2 is 1.91 bits per heavy atom. The molecule has 1 aromatic carbocycles. The highest BCUT2D eigenvalue weighted by Crippen LogP contribution is 2.19. The zero-order valence-corrected chi connectivity index (χ0v) is 15.1. The number of anilines is 1. The molecule has 0 radical (unpaired) electrons. The molecule has 122 valence electrons. The fourth-order valence-electron chi connectivity index (χ4n) is 1.95. The smallest absolute Gasteiger partial charge is 0.254 e. The van der Waals surface area contributed by atoms with Crippen LogP contribution in [0.2, 0.25) is 0 Å². The predicted molar refractivity (Wildman–Crippen MR) is 94.6 cm³/mol. The largest absolute Gasteiger partial charge is 0.339 e. The van der Waals surface area contributed by atoms with Gasteiger partial charge in [0.1, 0.15) is 0 Å². The van der Waals surface area contributed by atoms with Crippen molar-refractivity contribution in [2.45, 2.75) is 33.7 Å². The molecule has 4 nitrogen and oxygen atoms in total. The van der Waals surface area contributed by atoms with E-state index in [0.717, 1.165) is 11.3 Å². The van der Waals surface area contributed by atoms with Crippen LogP contribution < -0.4 is 5.32 Å². The van der Waals surface area contributed by atoms with Gasteiger partial charge in [-0.3, -0.25) is 9.59 Å². The molecule has 0 unspecified atom stereocenters. The lowest BCUT2D eigenvalue weighted by Crippen LogP contribution is -2.33. The molecule has 2 amide bonds. The topological polar surface area (TPSA) is 49.4 Å². The number of rotatable bonds is 6. The van der Waals surface area contributed by atoms with E-state index in [0.29, 0.717) is 11.3 Å². The third-order valence-electron chi connectivity index (χ3n) is 3.69. The van der Waals surface area contributed by atoms with Gasteiger partial charge in [-0.2, -0.15) is 11.8 Å². The third-order valence-corrected chi connectivity index (χ3v) is 4.53. The minimum absolute atomic E-state index is 0.0196. The highest BCUT2D eigenvalue weighted by atomic mass is 32.2. The molecule has 0 bridgehead atoms. The van der Waals surface area contributed by atoms with E-state index in [-0.39, 0.29) is 23.8 Å². The van der Waals surface area contributed by atoms with Crippen molar-refractivity contribution >= 4 is 29.3 Å². The Balaban J connectivity index is 2.95. The Bertz CT molecular complexity index is 543. The second-order valence-electron chi connectivity index (χ2n) is 5.89. The van der Waals surface area contributed by atoms with Gasteiger partial charge in [-0.25, -0.2) is 0 Å². The van der Waals surface area contributed by atoms with Crippen molar-refractivity contribution in [3.63, 3.8) is 0 Å². The van der Waals surface area contributed by atoms with Crippen molar-refractivity contribution in [3.8, 4) is 0 Å². The molecule has 0 aliphatic heterocycles. The summed E-state index contributed by atoms with van der Waals surface area (Å²) in [5.41, 5.74) is 2.21. The van der Waals surface area contributed by atoms with Gasteiger partial charge in [0.2, 0.25) is 5.91 Å². The molecule has 0 saturated carbocycles. The predicted octanol–water partition coefficient (Wildman–Crippen LogP) is 3.41. The molecule has 1 atom stereocenters. The minimum atomic E-state index is -0.0613. The maximum absolute atomic E-state index is 12.5. The van der Waals surface area contributed by atoms with Crippen LogP contribution in [0.1, 0.15) is 36.7 Å². The van der Waals surface area contributed by atoms with Crippen LogP contribution in [0.15, 0.2) is 18.2 Å². The molecule has 1 N–H and O–H groups in total. The monoisotopic (exact) mass is 322 g/mol. The summed E-state index contributed by atoms with van der Waals surface area (Å²) in [7, 11) is 1.79. The molecular weight excluding hydrogens is 296 g/mol. The first-order valence-electron chi connectivity index (χ1n) is 7.45. The van der Waals surface area contributed by atoms with E-state index >= 15 is 0 Å². The molecule has 0 aliphatic carbocycles. The molecule has 0 heterocycles. The van der Waals surface area contributed by atoms with Crippen molar-refractivity contribution in [2.75, 3.05) is 24.4 Å². The van der Waals surface area contributed by atoms with Gasteiger partial charge in [0.05, 0.1) is 0 Å². The van der Waals surface area contributed by atoms with E-state index in [1.807, 2.05) is 46.1 Å². The number of carbonyl (C=O) groups is 2. The third kappa shape index (κ3) is 4.77. The highest BCUT2D eigenvalue weighted by Gasteiger charge is 2.18. The van der Waals surface area contributed by atoms with Gasteiger partial charge >= 0.3 is 0 Å². The van der Waals surface area contributed by atoms with Crippen LogP contribution in [-0.2, 0) is 4.79 Å². The average molecular weight is 322 g/mol. The molecule has 1 aromatic rings. The molecule has 1 rings (SSSR count). The van der Waals surface area contributed by atoms with Gasteiger partial charge in [0.25, 0.3) is 5.91 Å². The van der Waals surface area contributed by atoms with E-state index in [9.17, 15) is 9.59 Å². The number of nitrogens with one attached hydrogen (secondary N) is 1. The van der Waals surface area contributed by atoms with Crippen molar-refractivity contribution in [1.29, 1.82) is 0 Å². The summed E-state index contributed by atoms with van der Waals surface area (Å²) in [6, 6.07) is 5.61. The van der Waals surface area contributed by atoms with Crippen LogP contribution in [0.4, 0.5) is 5.69 Å². The van der Waals surface area contributed by atoms with Crippen LogP contribution in [0.5, 0.6) is 0 Å². The van der Waals surface area contributed by atoms with Gasteiger partial charge in [0, 0.05) is 36.0 Å². The van der Waals surface area contributed by atoms with Crippen molar-refractivity contribution in [2.24, 2.45) is 5.92 Å². The molecule has 0 spiro atoms. The van der Waals surface area contributed by atoms with E-state index in [1.165, 1.54) is 0 Å². The normalized spacial score (nSPS) is 12.1. The SMILES string of the molecule is CSC[C@@H](C)C(=O)Nc1ccc(C)c(C(=O)N(C)C(C)C)c1. The average Bonchev–Trinajstić information content (AvgIpc) is 2.47. The van der Waals surface area contributed by atoms with Gasteiger partial charge in [-0.15, -0.1) is 0 Å². The number of aryl methyl sites for hydroxylation is 1. The van der Waals surface area contributed by atoms with E-state index < -0.39 is 0 Å². The molecule has 5 heteroatoms. The minimum Gasteiger partial charge on any atom is -0.339 e. The molecule has 0 saturated heterocycles. The van der Waals surface area contributed by atoms with Crippen molar-refractivity contribution in [3.05, 3.63) is 29.3 Å². The summed E-state index contributed by atoms with van der Waals surface area (Å²) >= 11 is 1.64. The lowest BCUT2D eigenvalue weighted by Gasteiger charge is -2.23. The highest BCUT2D eigenvalue weighted by molar-refractivity contribution is 7.98. The molecule has 0 aliphatic rings. The maximum Gasteiger partial charge on any atom is 0.254 e. The molecular formula is C17H26N2O2S. The van der Waals surface area contributed by atoms with Gasteiger partial charge < -0.3 is 10.2 Å². The first-order chi connectivity index (χ1) is 10.3. The summed E-state index contributed by atoms with van der Waals surface area (Å²) in [6.45, 7) is 7.76. The Kier molecular flexibility index (Phi) is 6.94. The Morgan fingerprint density at radius 3 is 2.45 bits per heavy atom. The Labute approximate surface area is 137 Å². The number of carbonyl (C=O) groups excluding carboxylic acids is 2. The van der Waals surface area contributed by atoms with E-state index in [2.05, 4.69) is 5.32 Å². The zero-order valence-electron chi connectivity index (χ0n) is 14.3. The first kappa shape index (κ1) is 18.6. The van der Waals surface area contributed by atoms with Crippen molar-refractivity contribution in [1.82, 2.24) is 4.90 Å². The van der Waals surface area contributed by atoms with Crippen LogP contribution in [0.25, 0.3) is 0 Å². The van der Waals surface area contributed by atoms with Crippen molar-refractivity contribution < 1.29 is 9.59 Å². The van der Waals surface area contributed by atoms with Crippen LogP contribution >= 0.6 is 11.8 Å².